The molecule has 1 fully saturated rings. The Morgan fingerprint density at radius 1 is 1.25 bits per heavy atom. The predicted molar refractivity (Wildman–Crippen MR) is 66.6 cm³/mol. The van der Waals surface area contributed by atoms with Crippen LogP contribution in [0.25, 0.3) is 0 Å². The molecular formula is C14H21NO. The van der Waals surface area contributed by atoms with Crippen molar-refractivity contribution in [1.82, 2.24) is 5.32 Å². The molecule has 2 nitrogen and oxygen atoms in total. The predicted octanol–water partition coefficient (Wildman–Crippen LogP) is 2.25. The van der Waals surface area contributed by atoms with E-state index >= 15 is 0 Å². The third kappa shape index (κ3) is 2.83. The van der Waals surface area contributed by atoms with Gasteiger partial charge in [0.05, 0.1) is 6.61 Å². The Morgan fingerprint density at radius 3 is 2.56 bits per heavy atom. The molecule has 0 spiro atoms. The van der Waals surface area contributed by atoms with E-state index in [9.17, 15) is 0 Å². The van der Waals surface area contributed by atoms with Gasteiger partial charge in [0, 0.05) is 25.1 Å². The molecule has 0 bridgehead atoms. The van der Waals surface area contributed by atoms with Gasteiger partial charge in [-0.25, -0.2) is 0 Å². The fraction of sp³-hybridized carbons (Fsp3) is 0.571. The molecule has 88 valence electrons. The lowest BCUT2D eigenvalue weighted by molar-refractivity contribution is 0.0104. The third-order valence-electron chi connectivity index (χ3n) is 3.40. The summed E-state index contributed by atoms with van der Waals surface area (Å²) < 4.78 is 5.59. The zero-order valence-corrected chi connectivity index (χ0v) is 10.0. The Bertz CT molecular complexity index is 306. The molecule has 1 aromatic carbocycles. The monoisotopic (exact) mass is 219 g/mol. The smallest absolute Gasteiger partial charge is 0.0546 e. The Morgan fingerprint density at radius 2 is 2.00 bits per heavy atom. The fourth-order valence-electron chi connectivity index (χ4n) is 2.20. The number of benzene rings is 1. The summed E-state index contributed by atoms with van der Waals surface area (Å²) in [5.74, 6) is 0. The van der Waals surface area contributed by atoms with Crippen molar-refractivity contribution < 1.29 is 4.74 Å². The van der Waals surface area contributed by atoms with Crippen molar-refractivity contribution in [2.45, 2.75) is 19.8 Å². The molecule has 0 aromatic heterocycles. The van der Waals surface area contributed by atoms with Crippen molar-refractivity contribution in [3.8, 4) is 0 Å². The van der Waals surface area contributed by atoms with Gasteiger partial charge in [0.1, 0.15) is 0 Å². The summed E-state index contributed by atoms with van der Waals surface area (Å²) in [7, 11) is 0. The minimum Gasteiger partial charge on any atom is -0.381 e. The molecule has 1 N–H and O–H groups in total. The SMILES string of the molecule is CCOCC1(CCc2ccccc2)CNC1. The average Bonchev–Trinajstić information content (AvgIpc) is 2.29. The third-order valence-corrected chi connectivity index (χ3v) is 3.40. The van der Waals surface area contributed by atoms with Gasteiger partial charge in [-0.2, -0.15) is 0 Å². The van der Waals surface area contributed by atoms with E-state index in [1.54, 1.807) is 0 Å². The molecule has 2 heteroatoms. The van der Waals surface area contributed by atoms with Crippen LogP contribution in [0.5, 0.6) is 0 Å². The summed E-state index contributed by atoms with van der Waals surface area (Å²) in [5, 5.41) is 3.37. The second-order valence-electron chi connectivity index (χ2n) is 4.73. The summed E-state index contributed by atoms with van der Waals surface area (Å²) in [5.41, 5.74) is 1.83. The molecule has 0 radical (unpaired) electrons. The van der Waals surface area contributed by atoms with Crippen molar-refractivity contribution >= 4 is 0 Å². The molecule has 1 aromatic rings. The van der Waals surface area contributed by atoms with E-state index in [2.05, 4.69) is 42.6 Å². The Balaban J connectivity index is 1.83. The molecule has 1 aliphatic rings. The quantitative estimate of drug-likeness (QED) is 0.792. The zero-order valence-electron chi connectivity index (χ0n) is 10.0. The van der Waals surface area contributed by atoms with Gasteiger partial charge in [0.15, 0.2) is 0 Å². The lowest BCUT2D eigenvalue weighted by Crippen LogP contribution is -2.56. The maximum Gasteiger partial charge on any atom is 0.0546 e. The highest BCUT2D eigenvalue weighted by Crippen LogP contribution is 2.29. The highest BCUT2D eigenvalue weighted by molar-refractivity contribution is 5.15. The van der Waals surface area contributed by atoms with Gasteiger partial charge in [0.25, 0.3) is 0 Å². The van der Waals surface area contributed by atoms with Crippen LogP contribution in [0.2, 0.25) is 0 Å². The van der Waals surface area contributed by atoms with Crippen molar-refractivity contribution in [3.63, 3.8) is 0 Å². The second-order valence-corrected chi connectivity index (χ2v) is 4.73. The summed E-state index contributed by atoms with van der Waals surface area (Å²) in [4.78, 5) is 0. The van der Waals surface area contributed by atoms with Crippen LogP contribution in [-0.4, -0.2) is 26.3 Å². The van der Waals surface area contributed by atoms with Crippen molar-refractivity contribution in [3.05, 3.63) is 35.9 Å². The van der Waals surface area contributed by atoms with Crippen LogP contribution < -0.4 is 5.32 Å². The van der Waals surface area contributed by atoms with Gasteiger partial charge in [-0.1, -0.05) is 30.3 Å². The molecule has 1 heterocycles. The number of ether oxygens (including phenoxy) is 1. The van der Waals surface area contributed by atoms with Crippen molar-refractivity contribution in [2.24, 2.45) is 5.41 Å². The number of rotatable bonds is 6. The average molecular weight is 219 g/mol. The van der Waals surface area contributed by atoms with Gasteiger partial charge >= 0.3 is 0 Å². The summed E-state index contributed by atoms with van der Waals surface area (Å²) in [6.07, 6.45) is 2.39. The van der Waals surface area contributed by atoms with E-state index in [0.29, 0.717) is 5.41 Å². The molecule has 0 atom stereocenters. The van der Waals surface area contributed by atoms with Crippen LogP contribution in [0.3, 0.4) is 0 Å². The largest absolute Gasteiger partial charge is 0.381 e. The summed E-state index contributed by atoms with van der Waals surface area (Å²) >= 11 is 0. The molecule has 2 rings (SSSR count). The zero-order chi connectivity index (χ0) is 11.3. The summed E-state index contributed by atoms with van der Waals surface area (Å²) in [6.45, 7) is 6.02. The van der Waals surface area contributed by atoms with Gasteiger partial charge in [-0.15, -0.1) is 0 Å². The maximum atomic E-state index is 5.59. The van der Waals surface area contributed by atoms with Gasteiger partial charge in [0.2, 0.25) is 0 Å². The minimum absolute atomic E-state index is 0.395. The van der Waals surface area contributed by atoms with E-state index in [-0.39, 0.29) is 0 Å². The number of aryl methyl sites for hydroxylation is 1. The molecule has 0 saturated carbocycles. The van der Waals surface area contributed by atoms with Crippen LogP contribution >= 0.6 is 0 Å². The van der Waals surface area contributed by atoms with Crippen LogP contribution in [0.15, 0.2) is 30.3 Å². The van der Waals surface area contributed by atoms with Gasteiger partial charge < -0.3 is 10.1 Å². The lowest BCUT2D eigenvalue weighted by atomic mass is 9.77. The second kappa shape index (κ2) is 5.46. The van der Waals surface area contributed by atoms with Crippen LogP contribution in [0, 0.1) is 5.41 Å². The molecule has 1 aliphatic heterocycles. The maximum absolute atomic E-state index is 5.59. The van der Waals surface area contributed by atoms with E-state index in [0.717, 1.165) is 32.7 Å². The molecule has 16 heavy (non-hydrogen) atoms. The Kier molecular flexibility index (Phi) is 3.97. The Hall–Kier alpha value is -0.860. The molecule has 0 aliphatic carbocycles. The van der Waals surface area contributed by atoms with Crippen molar-refractivity contribution in [2.75, 3.05) is 26.3 Å². The van der Waals surface area contributed by atoms with Crippen LogP contribution in [0.1, 0.15) is 18.9 Å². The molecule has 0 amide bonds. The molecule has 1 saturated heterocycles. The minimum atomic E-state index is 0.395. The van der Waals surface area contributed by atoms with E-state index in [4.69, 9.17) is 4.74 Å². The first-order valence-electron chi connectivity index (χ1n) is 6.17. The fourth-order valence-corrected chi connectivity index (χ4v) is 2.20. The lowest BCUT2D eigenvalue weighted by Gasteiger charge is -2.42. The standard InChI is InChI=1S/C14H21NO/c1-2-16-12-14(10-15-11-14)9-8-13-6-4-3-5-7-13/h3-7,15H,2,8-12H2,1H3. The number of hydrogen-bond acceptors (Lipinski definition) is 2. The molecule has 0 unspecified atom stereocenters. The van der Waals surface area contributed by atoms with Gasteiger partial charge in [-0.05, 0) is 25.3 Å². The summed E-state index contributed by atoms with van der Waals surface area (Å²) in [6, 6.07) is 10.7. The van der Waals surface area contributed by atoms with E-state index in [1.165, 1.54) is 12.0 Å². The Labute approximate surface area is 98.0 Å². The van der Waals surface area contributed by atoms with Crippen LogP contribution in [-0.2, 0) is 11.2 Å². The van der Waals surface area contributed by atoms with E-state index < -0.39 is 0 Å². The number of hydrogen-bond donors (Lipinski definition) is 1. The van der Waals surface area contributed by atoms with Crippen molar-refractivity contribution in [1.29, 1.82) is 0 Å². The normalized spacial score (nSPS) is 18.1. The topological polar surface area (TPSA) is 21.3 Å². The highest BCUT2D eigenvalue weighted by Gasteiger charge is 2.36. The van der Waals surface area contributed by atoms with Gasteiger partial charge in [-0.3, -0.25) is 0 Å². The van der Waals surface area contributed by atoms with Crippen LogP contribution in [0.4, 0.5) is 0 Å². The molecular weight excluding hydrogens is 198 g/mol. The first-order chi connectivity index (χ1) is 7.85. The first-order valence-corrected chi connectivity index (χ1v) is 6.17. The first kappa shape index (κ1) is 11.6. The number of nitrogens with one attached hydrogen (secondary N) is 1. The van der Waals surface area contributed by atoms with E-state index in [1.807, 2.05) is 0 Å². The highest BCUT2D eigenvalue weighted by atomic mass is 16.5.